The molecule has 1 amide bonds. The van der Waals surface area contributed by atoms with Gasteiger partial charge in [-0.2, -0.15) is 0 Å². The normalized spacial score (nSPS) is 14.2. The molecule has 12 heteroatoms. The van der Waals surface area contributed by atoms with Gasteiger partial charge in [0, 0.05) is 6.54 Å². The predicted molar refractivity (Wildman–Crippen MR) is 121 cm³/mol. The molecule has 1 N–H and O–H groups in total. The highest BCUT2D eigenvalue weighted by molar-refractivity contribution is 6.67. The van der Waals surface area contributed by atoms with Crippen LogP contribution < -0.4 is 14.8 Å². The monoisotopic (exact) mass is 525 g/mol. The van der Waals surface area contributed by atoms with E-state index in [-0.39, 0.29) is 18.1 Å². The van der Waals surface area contributed by atoms with E-state index in [1.165, 1.54) is 0 Å². The minimum Gasteiger partial charge on any atom is -0.457 e. The second-order valence-electron chi connectivity index (χ2n) is 7.73. The number of aryl methyl sites for hydroxylation is 1. The Balaban J connectivity index is 2.00. The van der Waals surface area contributed by atoms with Gasteiger partial charge in [0.05, 0.1) is 12.2 Å². The van der Waals surface area contributed by atoms with Crippen LogP contribution in [0.1, 0.15) is 39.7 Å². The zero-order valence-corrected chi connectivity index (χ0v) is 20.9. The largest absolute Gasteiger partial charge is 0.457 e. The first kappa shape index (κ1) is 27.1. The van der Waals surface area contributed by atoms with Crippen LogP contribution >= 0.6 is 34.8 Å². The van der Waals surface area contributed by atoms with Gasteiger partial charge in [-0.3, -0.25) is 0 Å². The van der Waals surface area contributed by atoms with Crippen LogP contribution in [0.15, 0.2) is 18.2 Å². The number of nitrogens with one attached hydrogen (secondary N) is 1. The molecule has 0 spiro atoms. The van der Waals surface area contributed by atoms with Crippen LogP contribution in [0.4, 0.5) is 4.79 Å². The molecule has 0 saturated carbocycles. The zero-order chi connectivity index (χ0) is 24.8. The van der Waals surface area contributed by atoms with Gasteiger partial charge in [-0.05, 0) is 58.2 Å². The van der Waals surface area contributed by atoms with Crippen LogP contribution in [0, 0.1) is 0 Å². The minimum atomic E-state index is -2.37. The van der Waals surface area contributed by atoms with Crippen molar-refractivity contribution in [1.82, 2.24) is 5.32 Å². The number of alkyl halides is 3. The lowest BCUT2D eigenvalue weighted by atomic mass is 10.1. The maximum atomic E-state index is 12.7. The fraction of sp³-hybridized carbons (Fsp3) is 0.571. The summed E-state index contributed by atoms with van der Waals surface area (Å²) in [6.07, 6.45) is -0.605. The number of hydrogen-bond acceptors (Lipinski definition) is 8. The van der Waals surface area contributed by atoms with Crippen molar-refractivity contribution in [2.24, 2.45) is 0 Å². The van der Waals surface area contributed by atoms with E-state index in [0.717, 1.165) is 5.56 Å². The van der Waals surface area contributed by atoms with E-state index in [1.54, 1.807) is 45.9 Å². The molecule has 0 saturated heterocycles. The van der Waals surface area contributed by atoms with Crippen LogP contribution in [0.3, 0.4) is 0 Å². The molecule has 0 aliphatic carbocycles. The Morgan fingerprint density at radius 2 is 1.58 bits per heavy atom. The van der Waals surface area contributed by atoms with Crippen molar-refractivity contribution in [3.63, 3.8) is 0 Å². The van der Waals surface area contributed by atoms with E-state index in [4.69, 9.17) is 58.5 Å². The molecule has 9 nitrogen and oxygen atoms in total. The molecule has 0 fully saturated rings. The summed E-state index contributed by atoms with van der Waals surface area (Å²) in [5.74, 6) is -3.97. The van der Waals surface area contributed by atoms with E-state index in [2.05, 4.69) is 5.32 Å². The number of amides is 1. The van der Waals surface area contributed by atoms with Crippen molar-refractivity contribution in [2.75, 3.05) is 13.2 Å². The summed E-state index contributed by atoms with van der Waals surface area (Å²) in [6, 6.07) is 4.98. The molecule has 1 heterocycles. The number of hydrogen-bond donors (Lipinski definition) is 1. The van der Waals surface area contributed by atoms with Crippen LogP contribution in [0.25, 0.3) is 0 Å². The number of esters is 2. The Kier molecular flexibility index (Phi) is 9.34. The lowest BCUT2D eigenvalue weighted by Crippen LogP contribution is -2.56. The summed E-state index contributed by atoms with van der Waals surface area (Å²) in [6.45, 7) is 6.49. The summed E-state index contributed by atoms with van der Waals surface area (Å²) >= 11 is 16.6. The van der Waals surface area contributed by atoms with Gasteiger partial charge in [-0.15, -0.1) is 0 Å². The molecule has 0 atom stereocenters. The SMILES string of the molecule is CC(C)OC(=O)C1(C(=O)OC(C)C)Oc2ccc(CCCNC(=O)OCC(Cl)(Cl)Cl)cc2O1. The number of rotatable bonds is 9. The predicted octanol–water partition coefficient (Wildman–Crippen LogP) is 4.09. The lowest BCUT2D eigenvalue weighted by molar-refractivity contribution is -0.207. The highest BCUT2D eigenvalue weighted by Crippen LogP contribution is 2.41. The average molecular weight is 527 g/mol. The van der Waals surface area contributed by atoms with Gasteiger partial charge in [0.25, 0.3) is 0 Å². The van der Waals surface area contributed by atoms with Gasteiger partial charge in [-0.1, -0.05) is 40.9 Å². The van der Waals surface area contributed by atoms with Crippen molar-refractivity contribution in [2.45, 2.75) is 62.3 Å². The summed E-state index contributed by atoms with van der Waals surface area (Å²) in [5.41, 5.74) is 0.819. The van der Waals surface area contributed by atoms with E-state index in [0.29, 0.717) is 19.4 Å². The summed E-state index contributed by atoms with van der Waals surface area (Å²) < 4.78 is 24.7. The average Bonchev–Trinajstić information content (AvgIpc) is 3.08. The van der Waals surface area contributed by atoms with Crippen LogP contribution in [0.2, 0.25) is 0 Å². The molecule has 2 rings (SSSR count). The van der Waals surface area contributed by atoms with Crippen molar-refractivity contribution in [3.05, 3.63) is 23.8 Å². The number of fused-ring (bicyclic) bond motifs is 1. The van der Waals surface area contributed by atoms with Crippen LogP contribution in [-0.4, -0.2) is 53.0 Å². The van der Waals surface area contributed by atoms with Crippen LogP contribution in [0.5, 0.6) is 11.5 Å². The van der Waals surface area contributed by atoms with Gasteiger partial charge < -0.3 is 29.0 Å². The van der Waals surface area contributed by atoms with Gasteiger partial charge in [0.15, 0.2) is 11.5 Å². The molecule has 0 radical (unpaired) electrons. The number of halogens is 3. The molecule has 1 aliphatic rings. The topological polar surface area (TPSA) is 109 Å². The second kappa shape index (κ2) is 11.4. The molecule has 1 aliphatic heterocycles. The van der Waals surface area contributed by atoms with Gasteiger partial charge in [-0.25, -0.2) is 14.4 Å². The molecule has 1 aromatic carbocycles. The fourth-order valence-electron chi connectivity index (χ4n) is 2.72. The molecule has 0 aromatic heterocycles. The maximum absolute atomic E-state index is 12.7. The van der Waals surface area contributed by atoms with Crippen molar-refractivity contribution in [1.29, 1.82) is 0 Å². The van der Waals surface area contributed by atoms with Gasteiger partial charge >= 0.3 is 23.8 Å². The minimum absolute atomic E-state index is 0.198. The standard InChI is InChI=1S/C21H26Cl3NO8/c1-12(2)30-17(26)21(18(27)31-13(3)4)32-15-8-7-14(10-16(15)33-21)6-5-9-25-19(28)29-11-20(22,23)24/h7-8,10,12-13H,5-6,9,11H2,1-4H3,(H,25,28). The molecular weight excluding hydrogens is 501 g/mol. The van der Waals surface area contributed by atoms with E-state index in [1.807, 2.05) is 0 Å². The number of carbonyl (C=O) groups is 3. The lowest BCUT2D eigenvalue weighted by Gasteiger charge is -2.25. The maximum Gasteiger partial charge on any atom is 0.453 e. The first-order valence-electron chi connectivity index (χ1n) is 10.2. The molecule has 0 unspecified atom stereocenters. The molecule has 0 bridgehead atoms. The Morgan fingerprint density at radius 1 is 1.00 bits per heavy atom. The quantitative estimate of drug-likeness (QED) is 0.168. The van der Waals surface area contributed by atoms with Crippen molar-refractivity contribution >= 4 is 52.8 Å². The van der Waals surface area contributed by atoms with E-state index in [9.17, 15) is 14.4 Å². The summed E-state index contributed by atoms with van der Waals surface area (Å²) in [7, 11) is 0. The number of benzene rings is 1. The van der Waals surface area contributed by atoms with Gasteiger partial charge in [0.1, 0.15) is 6.61 Å². The Labute approximate surface area is 206 Å². The first-order valence-corrected chi connectivity index (χ1v) is 11.4. The molecule has 33 heavy (non-hydrogen) atoms. The van der Waals surface area contributed by atoms with Crippen molar-refractivity contribution < 1.29 is 38.1 Å². The van der Waals surface area contributed by atoms with Gasteiger partial charge in [0.2, 0.25) is 3.79 Å². The highest BCUT2D eigenvalue weighted by atomic mass is 35.6. The van der Waals surface area contributed by atoms with Crippen LogP contribution in [-0.2, 0) is 30.2 Å². The Morgan fingerprint density at radius 3 is 2.12 bits per heavy atom. The number of alkyl carbamates (subject to hydrolysis) is 1. The second-order valence-corrected chi connectivity index (χ2v) is 10.2. The highest BCUT2D eigenvalue weighted by Gasteiger charge is 2.60. The van der Waals surface area contributed by atoms with E-state index >= 15 is 0 Å². The first-order chi connectivity index (χ1) is 15.3. The Bertz CT molecular complexity index is 848. The number of ether oxygens (including phenoxy) is 5. The third-order valence-electron chi connectivity index (χ3n) is 4.02. The zero-order valence-electron chi connectivity index (χ0n) is 18.6. The fourth-order valence-corrected chi connectivity index (χ4v) is 2.88. The van der Waals surface area contributed by atoms with E-state index < -0.39 is 39.8 Å². The summed E-state index contributed by atoms with van der Waals surface area (Å²) in [4.78, 5) is 37.0. The molecule has 1 aromatic rings. The van der Waals surface area contributed by atoms with Crippen molar-refractivity contribution in [3.8, 4) is 11.5 Å². The smallest absolute Gasteiger partial charge is 0.453 e. The Hall–Kier alpha value is -2.10. The number of carbonyl (C=O) groups excluding carboxylic acids is 3. The molecule has 184 valence electrons. The third-order valence-corrected chi connectivity index (χ3v) is 4.34. The third kappa shape index (κ3) is 8.01. The summed E-state index contributed by atoms with van der Waals surface area (Å²) in [5, 5.41) is 2.54. The molecular formula is C21H26Cl3NO8.